The van der Waals surface area contributed by atoms with E-state index in [-0.39, 0.29) is 0 Å². The Morgan fingerprint density at radius 2 is 1.22 bits per heavy atom. The van der Waals surface area contributed by atoms with Gasteiger partial charge in [-0.1, -0.05) is 103 Å². The van der Waals surface area contributed by atoms with Gasteiger partial charge < -0.3 is 0 Å². The van der Waals surface area contributed by atoms with Crippen molar-refractivity contribution in [3.8, 4) is 22.3 Å². The lowest BCUT2D eigenvalue weighted by Gasteiger charge is -2.18. The quantitative estimate of drug-likeness (QED) is 0.119. The molecular weight excluding hydrogens is 560 g/mol. The third-order valence-corrected chi connectivity index (χ3v) is 8.66. The lowest BCUT2D eigenvalue weighted by Crippen LogP contribution is -2.14. The number of hydrogen-bond donors (Lipinski definition) is 2. The fourth-order valence-corrected chi connectivity index (χ4v) is 6.41. The van der Waals surface area contributed by atoms with E-state index >= 15 is 0 Å². The monoisotopic (exact) mass is 590 g/mol. The summed E-state index contributed by atoms with van der Waals surface area (Å²) in [6, 6.07) is 45.2. The summed E-state index contributed by atoms with van der Waals surface area (Å²) < 4.78 is 0. The van der Waals surface area contributed by atoms with Crippen molar-refractivity contribution in [1.82, 2.24) is 4.98 Å². The number of fused-ring (bicyclic) bond motifs is 3. The van der Waals surface area contributed by atoms with E-state index in [9.17, 15) is 0 Å². The number of rotatable bonds is 5. The number of hydrogen-bond acceptors (Lipinski definition) is 4. The van der Waals surface area contributed by atoms with Crippen LogP contribution in [0.25, 0.3) is 60.1 Å². The first-order valence-corrected chi connectivity index (χ1v) is 15.4. The third-order valence-electron chi connectivity index (χ3n) is 8.66. The smallest absolute Gasteiger partial charge is 0.109 e. The van der Waals surface area contributed by atoms with Crippen LogP contribution in [0.15, 0.2) is 157 Å². The summed E-state index contributed by atoms with van der Waals surface area (Å²) in [5.41, 5.74) is 12.7. The molecule has 1 heterocycles. The van der Waals surface area contributed by atoms with Gasteiger partial charge in [0.15, 0.2) is 0 Å². The van der Waals surface area contributed by atoms with Crippen LogP contribution >= 0.6 is 0 Å². The van der Waals surface area contributed by atoms with E-state index in [1.54, 1.807) is 12.3 Å². The van der Waals surface area contributed by atoms with Gasteiger partial charge in [0.1, 0.15) is 5.71 Å². The fraction of sp³-hybridized carbons (Fsp3) is 0.0238. The molecule has 46 heavy (non-hydrogen) atoms. The molecule has 0 saturated carbocycles. The van der Waals surface area contributed by atoms with Gasteiger partial charge >= 0.3 is 0 Å². The van der Waals surface area contributed by atoms with Crippen LogP contribution in [0.4, 0.5) is 5.69 Å². The number of hydrazone groups is 1. The molecule has 4 nitrogen and oxygen atoms in total. The Morgan fingerprint density at radius 3 is 1.89 bits per heavy atom. The molecule has 0 amide bonds. The number of nitrogens with zero attached hydrogens (tertiary/aromatic N) is 2. The molecule has 0 radical (unpaired) electrons. The molecule has 218 valence electrons. The zero-order chi connectivity index (χ0) is 31.0. The van der Waals surface area contributed by atoms with Crippen LogP contribution in [0.5, 0.6) is 0 Å². The second-order valence-electron chi connectivity index (χ2n) is 11.7. The molecule has 2 N–H and O–H groups in total. The SMILES string of the molecule is Cc1ccnc(C2=C/C(=N/Nc3ccc(-c4c5ccccc5c(-c5ccc6ccccc6c5)c5ccccc45)cc3)C(=N)C=C2)c1. The molecule has 6 aromatic carbocycles. The number of allylic oxidation sites excluding steroid dienone is 4. The normalized spacial score (nSPS) is 13.9. The highest BCUT2D eigenvalue weighted by Crippen LogP contribution is 2.44. The molecule has 1 aromatic heterocycles. The van der Waals surface area contributed by atoms with Crippen molar-refractivity contribution < 1.29 is 0 Å². The van der Waals surface area contributed by atoms with E-state index < -0.39 is 0 Å². The van der Waals surface area contributed by atoms with E-state index in [0.717, 1.165) is 28.1 Å². The zero-order valence-corrected chi connectivity index (χ0v) is 25.3. The lowest BCUT2D eigenvalue weighted by atomic mass is 9.85. The molecule has 0 spiro atoms. The fourth-order valence-electron chi connectivity index (χ4n) is 6.41. The molecule has 0 aliphatic heterocycles. The molecule has 4 heteroatoms. The predicted molar refractivity (Wildman–Crippen MR) is 195 cm³/mol. The van der Waals surface area contributed by atoms with Gasteiger partial charge in [0.25, 0.3) is 0 Å². The highest BCUT2D eigenvalue weighted by atomic mass is 15.3. The number of pyridine rings is 1. The van der Waals surface area contributed by atoms with Crippen LogP contribution in [0.1, 0.15) is 11.3 Å². The second kappa shape index (κ2) is 11.4. The average molecular weight is 591 g/mol. The number of anilines is 1. The van der Waals surface area contributed by atoms with Crippen LogP contribution in [-0.2, 0) is 0 Å². The van der Waals surface area contributed by atoms with E-state index in [1.165, 1.54) is 49.0 Å². The van der Waals surface area contributed by atoms with Gasteiger partial charge in [-0.2, -0.15) is 5.10 Å². The molecule has 8 rings (SSSR count). The van der Waals surface area contributed by atoms with Crippen LogP contribution in [-0.4, -0.2) is 16.4 Å². The van der Waals surface area contributed by atoms with E-state index in [1.807, 2.05) is 31.2 Å². The Balaban J connectivity index is 1.18. The minimum absolute atomic E-state index is 0.352. The topological polar surface area (TPSA) is 61.1 Å². The number of nitrogens with one attached hydrogen (secondary N) is 2. The molecule has 0 fully saturated rings. The minimum Gasteiger partial charge on any atom is -0.299 e. The van der Waals surface area contributed by atoms with Crippen LogP contribution in [0.3, 0.4) is 0 Å². The molecule has 0 atom stereocenters. The maximum Gasteiger partial charge on any atom is 0.109 e. The lowest BCUT2D eigenvalue weighted by molar-refractivity contribution is 1.24. The van der Waals surface area contributed by atoms with Crippen molar-refractivity contribution in [3.63, 3.8) is 0 Å². The first kappa shape index (κ1) is 27.4. The van der Waals surface area contributed by atoms with Gasteiger partial charge in [0, 0.05) is 11.8 Å². The van der Waals surface area contributed by atoms with Crippen molar-refractivity contribution in [2.75, 3.05) is 5.43 Å². The van der Waals surface area contributed by atoms with Gasteiger partial charge in [-0.05, 0) is 110 Å². The second-order valence-corrected chi connectivity index (χ2v) is 11.7. The summed E-state index contributed by atoms with van der Waals surface area (Å²) in [4.78, 5) is 4.49. The highest BCUT2D eigenvalue weighted by Gasteiger charge is 2.17. The first-order chi connectivity index (χ1) is 22.6. The van der Waals surface area contributed by atoms with E-state index in [0.29, 0.717) is 11.4 Å². The molecule has 7 aromatic rings. The average Bonchev–Trinajstić information content (AvgIpc) is 3.10. The summed E-state index contributed by atoms with van der Waals surface area (Å²) in [5, 5.41) is 20.4. The summed E-state index contributed by atoms with van der Waals surface area (Å²) >= 11 is 0. The Bertz CT molecular complexity index is 2360. The molecule has 0 unspecified atom stereocenters. The minimum atomic E-state index is 0.352. The van der Waals surface area contributed by atoms with Crippen molar-refractivity contribution in [3.05, 3.63) is 163 Å². The number of aryl methyl sites for hydroxylation is 1. The van der Waals surface area contributed by atoms with Crippen molar-refractivity contribution in [1.29, 1.82) is 5.41 Å². The third kappa shape index (κ3) is 4.96. The molecule has 0 saturated heterocycles. The number of benzene rings is 6. The summed E-state index contributed by atoms with van der Waals surface area (Å²) in [7, 11) is 0. The van der Waals surface area contributed by atoms with Crippen molar-refractivity contribution in [2.24, 2.45) is 5.10 Å². The zero-order valence-electron chi connectivity index (χ0n) is 25.3. The van der Waals surface area contributed by atoms with Gasteiger partial charge in [0.05, 0.1) is 17.1 Å². The van der Waals surface area contributed by atoms with Gasteiger partial charge in [-0.25, -0.2) is 0 Å². The summed E-state index contributed by atoms with van der Waals surface area (Å²) in [6.07, 6.45) is 7.39. The molecule has 1 aliphatic carbocycles. The van der Waals surface area contributed by atoms with Gasteiger partial charge in [-0.15, -0.1) is 0 Å². The highest BCUT2D eigenvalue weighted by molar-refractivity contribution is 6.51. The first-order valence-electron chi connectivity index (χ1n) is 15.4. The molecular formula is C42H30N4. The molecule has 1 aliphatic rings. The largest absolute Gasteiger partial charge is 0.299 e. The van der Waals surface area contributed by atoms with E-state index in [4.69, 9.17) is 5.41 Å². The molecule has 0 bridgehead atoms. The van der Waals surface area contributed by atoms with Crippen molar-refractivity contribution >= 4 is 55.0 Å². The Hall–Kier alpha value is -6.13. The summed E-state index contributed by atoms with van der Waals surface area (Å²) in [6.45, 7) is 2.05. The van der Waals surface area contributed by atoms with Crippen LogP contribution < -0.4 is 5.43 Å². The maximum absolute atomic E-state index is 8.40. The van der Waals surface area contributed by atoms with Crippen molar-refractivity contribution in [2.45, 2.75) is 6.92 Å². The van der Waals surface area contributed by atoms with Gasteiger partial charge in [0.2, 0.25) is 0 Å². The Kier molecular flexibility index (Phi) is 6.81. The summed E-state index contributed by atoms with van der Waals surface area (Å²) in [5.74, 6) is 0. The Labute approximate surface area is 267 Å². The van der Waals surface area contributed by atoms with Crippen LogP contribution in [0, 0.1) is 12.3 Å². The van der Waals surface area contributed by atoms with Gasteiger partial charge in [-0.3, -0.25) is 15.8 Å². The predicted octanol–water partition coefficient (Wildman–Crippen LogP) is 10.6. The maximum atomic E-state index is 8.40. The van der Waals surface area contributed by atoms with Crippen LogP contribution in [0.2, 0.25) is 0 Å². The van der Waals surface area contributed by atoms with E-state index in [2.05, 4.69) is 131 Å². The standard InChI is InChI=1S/C42H30N4/c1-27-22-23-44-39(24-27)31-18-21-38(43)40(26-31)46-45-33-19-16-29(17-20-33)41-34-10-4-6-12-36(34)42(37-13-7-5-11-35(37)41)32-15-14-28-8-2-3-9-30(28)25-32/h2-26,43,45H,1H3/b43-38?,46-40-. The Morgan fingerprint density at radius 1 is 0.609 bits per heavy atom. The number of aromatic nitrogens is 1.